The van der Waals surface area contributed by atoms with Crippen molar-refractivity contribution in [1.29, 1.82) is 0 Å². The highest BCUT2D eigenvalue weighted by molar-refractivity contribution is 7.99. The number of amides is 1. The SMILES string of the molecule is CSc1ccc(CCNC(=O)c2cc3cccc4c3n2CCS4)cc1. The fourth-order valence-electron chi connectivity index (χ4n) is 3.28. The first-order chi connectivity index (χ1) is 12.3. The smallest absolute Gasteiger partial charge is 0.267 e. The highest BCUT2D eigenvalue weighted by Crippen LogP contribution is 2.34. The van der Waals surface area contributed by atoms with E-state index in [4.69, 9.17) is 0 Å². The first-order valence-electron chi connectivity index (χ1n) is 8.42. The molecule has 1 aliphatic rings. The van der Waals surface area contributed by atoms with E-state index in [0.29, 0.717) is 6.54 Å². The summed E-state index contributed by atoms with van der Waals surface area (Å²) < 4.78 is 2.17. The molecule has 0 bridgehead atoms. The molecule has 0 atom stereocenters. The summed E-state index contributed by atoms with van der Waals surface area (Å²) in [7, 11) is 0. The van der Waals surface area contributed by atoms with Crippen LogP contribution in [0.1, 0.15) is 16.1 Å². The Kier molecular flexibility index (Phi) is 4.77. The normalized spacial score (nSPS) is 13.2. The number of aryl methyl sites for hydroxylation is 1. The molecule has 1 N–H and O–H groups in total. The Morgan fingerprint density at radius 1 is 1.24 bits per heavy atom. The minimum atomic E-state index is 0.0229. The Balaban J connectivity index is 1.46. The van der Waals surface area contributed by atoms with Crippen LogP contribution in [0.5, 0.6) is 0 Å². The number of benzene rings is 2. The highest BCUT2D eigenvalue weighted by Gasteiger charge is 2.20. The molecule has 2 heterocycles. The van der Waals surface area contributed by atoms with Crippen LogP contribution in [0.4, 0.5) is 0 Å². The summed E-state index contributed by atoms with van der Waals surface area (Å²) >= 11 is 3.61. The third kappa shape index (κ3) is 3.31. The summed E-state index contributed by atoms with van der Waals surface area (Å²) in [4.78, 5) is 15.2. The van der Waals surface area contributed by atoms with Crippen molar-refractivity contribution in [3.63, 3.8) is 0 Å². The molecule has 1 aliphatic heterocycles. The lowest BCUT2D eigenvalue weighted by Crippen LogP contribution is -2.28. The topological polar surface area (TPSA) is 34.0 Å². The molecule has 0 radical (unpaired) electrons. The number of aromatic nitrogens is 1. The van der Waals surface area contributed by atoms with Gasteiger partial charge in [0.1, 0.15) is 5.69 Å². The minimum absolute atomic E-state index is 0.0229. The predicted molar refractivity (Wildman–Crippen MR) is 107 cm³/mol. The zero-order chi connectivity index (χ0) is 17.2. The number of hydrogen-bond acceptors (Lipinski definition) is 3. The third-order valence-electron chi connectivity index (χ3n) is 4.55. The fraction of sp³-hybridized carbons (Fsp3) is 0.250. The maximum Gasteiger partial charge on any atom is 0.267 e. The minimum Gasteiger partial charge on any atom is -0.350 e. The second-order valence-corrected chi connectivity index (χ2v) is 8.09. The van der Waals surface area contributed by atoms with Crippen molar-refractivity contribution in [2.24, 2.45) is 0 Å². The van der Waals surface area contributed by atoms with Gasteiger partial charge in [-0.25, -0.2) is 0 Å². The molecule has 0 aliphatic carbocycles. The van der Waals surface area contributed by atoms with Gasteiger partial charge < -0.3 is 9.88 Å². The summed E-state index contributed by atoms with van der Waals surface area (Å²) in [5.74, 6) is 1.04. The van der Waals surface area contributed by atoms with E-state index in [1.54, 1.807) is 11.8 Å². The molecule has 0 saturated carbocycles. The van der Waals surface area contributed by atoms with E-state index >= 15 is 0 Å². The first kappa shape index (κ1) is 16.6. The van der Waals surface area contributed by atoms with Gasteiger partial charge in [-0.2, -0.15) is 0 Å². The zero-order valence-electron chi connectivity index (χ0n) is 14.1. The van der Waals surface area contributed by atoms with E-state index in [0.717, 1.165) is 29.8 Å². The largest absolute Gasteiger partial charge is 0.350 e. The van der Waals surface area contributed by atoms with Crippen LogP contribution in [0.2, 0.25) is 0 Å². The molecule has 4 rings (SSSR count). The van der Waals surface area contributed by atoms with Crippen molar-refractivity contribution >= 4 is 40.3 Å². The molecule has 0 fully saturated rings. The number of rotatable bonds is 5. The van der Waals surface area contributed by atoms with Gasteiger partial charge in [0.15, 0.2) is 0 Å². The van der Waals surface area contributed by atoms with Crippen LogP contribution in [0.3, 0.4) is 0 Å². The van der Waals surface area contributed by atoms with Gasteiger partial charge in [-0.1, -0.05) is 24.3 Å². The summed E-state index contributed by atoms with van der Waals surface area (Å²) in [5.41, 5.74) is 3.23. The lowest BCUT2D eigenvalue weighted by Gasteiger charge is -2.17. The van der Waals surface area contributed by atoms with Gasteiger partial charge in [-0.15, -0.1) is 23.5 Å². The van der Waals surface area contributed by atoms with Crippen LogP contribution in [0.15, 0.2) is 58.3 Å². The summed E-state index contributed by atoms with van der Waals surface area (Å²) in [6, 6.07) is 16.9. The molecule has 0 saturated heterocycles. The number of carbonyl (C=O) groups excluding carboxylic acids is 1. The Bertz CT molecular complexity index is 915. The van der Waals surface area contributed by atoms with Gasteiger partial charge in [-0.3, -0.25) is 4.79 Å². The van der Waals surface area contributed by atoms with Crippen LogP contribution in [-0.4, -0.2) is 29.0 Å². The van der Waals surface area contributed by atoms with Gasteiger partial charge in [-0.05, 0) is 42.5 Å². The standard InChI is InChI=1S/C20H20N2OS2/c1-24-16-7-5-14(6-8-16)9-10-21-20(23)17-13-15-3-2-4-18-19(15)22(17)11-12-25-18/h2-8,13H,9-12H2,1H3,(H,21,23). The van der Waals surface area contributed by atoms with E-state index in [2.05, 4.69) is 58.6 Å². The molecule has 1 amide bonds. The Hall–Kier alpha value is -1.85. The predicted octanol–water partition coefficient (Wildman–Crippen LogP) is 4.44. The van der Waals surface area contributed by atoms with E-state index in [-0.39, 0.29) is 5.91 Å². The van der Waals surface area contributed by atoms with E-state index in [1.807, 2.05) is 17.8 Å². The molecule has 128 valence electrons. The fourth-order valence-corrected chi connectivity index (χ4v) is 4.72. The average molecular weight is 369 g/mol. The number of carbonyl (C=O) groups is 1. The van der Waals surface area contributed by atoms with Crippen molar-refractivity contribution in [2.45, 2.75) is 22.8 Å². The van der Waals surface area contributed by atoms with Gasteiger partial charge in [0, 0.05) is 34.0 Å². The van der Waals surface area contributed by atoms with Crippen LogP contribution in [0.25, 0.3) is 10.9 Å². The van der Waals surface area contributed by atoms with Gasteiger partial charge >= 0.3 is 0 Å². The number of thioether (sulfide) groups is 2. The molecule has 0 unspecified atom stereocenters. The molecule has 25 heavy (non-hydrogen) atoms. The second-order valence-electron chi connectivity index (χ2n) is 6.08. The lowest BCUT2D eigenvalue weighted by molar-refractivity contribution is 0.0945. The van der Waals surface area contributed by atoms with Crippen molar-refractivity contribution in [1.82, 2.24) is 9.88 Å². The average Bonchev–Trinajstić information content (AvgIpc) is 3.03. The summed E-state index contributed by atoms with van der Waals surface area (Å²) in [6.07, 6.45) is 2.93. The monoisotopic (exact) mass is 368 g/mol. The van der Waals surface area contributed by atoms with Crippen molar-refractivity contribution < 1.29 is 4.79 Å². The maximum atomic E-state index is 12.7. The van der Waals surface area contributed by atoms with Crippen LogP contribution in [0, 0.1) is 0 Å². The molecular formula is C20H20N2OS2. The number of hydrogen-bond donors (Lipinski definition) is 1. The molecule has 3 aromatic rings. The summed E-state index contributed by atoms with van der Waals surface area (Å²) in [6.45, 7) is 1.55. The molecule has 5 heteroatoms. The zero-order valence-corrected chi connectivity index (χ0v) is 15.8. The quantitative estimate of drug-likeness (QED) is 0.676. The Labute approximate surface area is 156 Å². The second kappa shape index (κ2) is 7.18. The van der Waals surface area contributed by atoms with Gasteiger partial charge in [0.05, 0.1) is 5.52 Å². The summed E-state index contributed by atoms with van der Waals surface area (Å²) in [5, 5.41) is 4.24. The lowest BCUT2D eigenvalue weighted by atomic mass is 10.1. The van der Waals surface area contributed by atoms with Crippen LogP contribution in [-0.2, 0) is 13.0 Å². The molecular weight excluding hydrogens is 348 g/mol. The molecule has 1 aromatic heterocycles. The van der Waals surface area contributed by atoms with E-state index in [9.17, 15) is 4.79 Å². The van der Waals surface area contributed by atoms with Crippen molar-refractivity contribution in [3.05, 3.63) is 59.8 Å². The molecule has 3 nitrogen and oxygen atoms in total. The van der Waals surface area contributed by atoms with E-state index < -0.39 is 0 Å². The number of nitrogens with one attached hydrogen (secondary N) is 1. The number of nitrogens with zero attached hydrogens (tertiary/aromatic N) is 1. The van der Waals surface area contributed by atoms with Crippen molar-refractivity contribution in [3.8, 4) is 0 Å². The Morgan fingerprint density at radius 2 is 2.08 bits per heavy atom. The van der Waals surface area contributed by atoms with Gasteiger partial charge in [0.25, 0.3) is 5.91 Å². The first-order valence-corrected chi connectivity index (χ1v) is 10.6. The maximum absolute atomic E-state index is 12.7. The Morgan fingerprint density at radius 3 is 2.88 bits per heavy atom. The van der Waals surface area contributed by atoms with E-state index in [1.165, 1.54) is 20.9 Å². The van der Waals surface area contributed by atoms with Crippen molar-refractivity contribution in [2.75, 3.05) is 18.6 Å². The molecule has 2 aromatic carbocycles. The van der Waals surface area contributed by atoms with Gasteiger partial charge in [0.2, 0.25) is 0 Å². The molecule has 0 spiro atoms. The number of para-hydroxylation sites is 1. The third-order valence-corrected chi connectivity index (χ3v) is 6.32. The van der Waals surface area contributed by atoms with Crippen LogP contribution >= 0.6 is 23.5 Å². The highest BCUT2D eigenvalue weighted by atomic mass is 32.2. The van der Waals surface area contributed by atoms with Crippen LogP contribution < -0.4 is 5.32 Å².